The Kier molecular flexibility index (Phi) is 4.80. The zero-order valence-corrected chi connectivity index (χ0v) is 13.4. The molecular formula is C18H19NO2S. The molecule has 0 aromatic heterocycles. The van der Waals surface area contributed by atoms with E-state index in [0.717, 1.165) is 11.1 Å². The highest BCUT2D eigenvalue weighted by Gasteiger charge is 2.18. The van der Waals surface area contributed by atoms with Crippen LogP contribution in [0.3, 0.4) is 0 Å². The average molecular weight is 313 g/mol. The molecule has 1 aliphatic rings. The van der Waals surface area contributed by atoms with Gasteiger partial charge in [0.05, 0.1) is 13.2 Å². The lowest BCUT2D eigenvalue weighted by Gasteiger charge is -2.27. The molecule has 1 amide bonds. The lowest BCUT2D eigenvalue weighted by atomic mass is 10.0. The van der Waals surface area contributed by atoms with Crippen molar-refractivity contribution in [2.45, 2.75) is 4.90 Å². The highest BCUT2D eigenvalue weighted by Crippen LogP contribution is 2.30. The molecule has 4 heteroatoms. The van der Waals surface area contributed by atoms with E-state index in [2.05, 4.69) is 24.5 Å². The van der Waals surface area contributed by atoms with E-state index < -0.39 is 0 Å². The van der Waals surface area contributed by atoms with Crippen LogP contribution in [0.25, 0.3) is 11.1 Å². The number of hydrogen-bond acceptors (Lipinski definition) is 3. The number of thioether (sulfide) groups is 1. The molecule has 0 N–H and O–H groups in total. The van der Waals surface area contributed by atoms with Gasteiger partial charge in [0.25, 0.3) is 5.91 Å². The van der Waals surface area contributed by atoms with Crippen molar-refractivity contribution < 1.29 is 9.53 Å². The number of carbonyl (C=O) groups excluding carboxylic acids is 1. The largest absolute Gasteiger partial charge is 0.378 e. The molecule has 1 heterocycles. The highest BCUT2D eigenvalue weighted by molar-refractivity contribution is 7.98. The van der Waals surface area contributed by atoms with E-state index in [1.807, 2.05) is 35.2 Å². The van der Waals surface area contributed by atoms with Gasteiger partial charge in [-0.15, -0.1) is 11.8 Å². The van der Waals surface area contributed by atoms with Gasteiger partial charge in [0.2, 0.25) is 0 Å². The molecule has 0 unspecified atom stereocenters. The maximum Gasteiger partial charge on any atom is 0.254 e. The number of benzene rings is 2. The van der Waals surface area contributed by atoms with Crippen molar-refractivity contribution in [1.82, 2.24) is 4.90 Å². The summed E-state index contributed by atoms with van der Waals surface area (Å²) in [7, 11) is 0. The van der Waals surface area contributed by atoms with E-state index in [1.165, 1.54) is 10.5 Å². The van der Waals surface area contributed by atoms with E-state index in [-0.39, 0.29) is 5.91 Å². The molecule has 0 bridgehead atoms. The summed E-state index contributed by atoms with van der Waals surface area (Å²) in [5, 5.41) is 0. The van der Waals surface area contributed by atoms with E-state index in [1.54, 1.807) is 11.8 Å². The second-order valence-electron chi connectivity index (χ2n) is 5.19. The summed E-state index contributed by atoms with van der Waals surface area (Å²) in [6.45, 7) is 2.59. The Morgan fingerprint density at radius 3 is 2.64 bits per heavy atom. The van der Waals surface area contributed by atoms with Crippen LogP contribution in [-0.4, -0.2) is 43.4 Å². The number of hydrogen-bond donors (Lipinski definition) is 0. The quantitative estimate of drug-likeness (QED) is 0.812. The predicted octanol–water partition coefficient (Wildman–Crippen LogP) is 3.55. The van der Waals surface area contributed by atoms with Gasteiger partial charge in [0.1, 0.15) is 0 Å². The number of amides is 1. The Morgan fingerprint density at radius 1 is 1.09 bits per heavy atom. The van der Waals surface area contributed by atoms with Crippen LogP contribution in [0.1, 0.15) is 10.4 Å². The van der Waals surface area contributed by atoms with Crippen LogP contribution >= 0.6 is 11.8 Å². The molecule has 114 valence electrons. The normalized spacial score (nSPS) is 14.9. The standard InChI is InChI=1S/C18H19NO2S/c1-22-17-8-3-2-7-16(17)14-5-4-6-15(13-14)18(20)19-9-11-21-12-10-19/h2-8,13H,9-12H2,1H3. The van der Waals surface area contributed by atoms with Gasteiger partial charge in [-0.05, 0) is 35.6 Å². The predicted molar refractivity (Wildman–Crippen MR) is 90.4 cm³/mol. The van der Waals surface area contributed by atoms with Crippen molar-refractivity contribution in [3.63, 3.8) is 0 Å². The summed E-state index contributed by atoms with van der Waals surface area (Å²) in [4.78, 5) is 15.7. The van der Waals surface area contributed by atoms with Gasteiger partial charge in [-0.25, -0.2) is 0 Å². The number of nitrogens with zero attached hydrogens (tertiary/aromatic N) is 1. The minimum absolute atomic E-state index is 0.0896. The summed E-state index contributed by atoms with van der Waals surface area (Å²) >= 11 is 1.72. The molecular weight excluding hydrogens is 294 g/mol. The zero-order valence-electron chi connectivity index (χ0n) is 12.6. The zero-order chi connectivity index (χ0) is 15.4. The minimum atomic E-state index is 0.0896. The van der Waals surface area contributed by atoms with E-state index >= 15 is 0 Å². The first-order valence-corrected chi connectivity index (χ1v) is 8.62. The Morgan fingerprint density at radius 2 is 1.86 bits per heavy atom. The van der Waals surface area contributed by atoms with Gasteiger partial charge in [-0.3, -0.25) is 4.79 Å². The van der Waals surface area contributed by atoms with Crippen molar-refractivity contribution in [3.05, 3.63) is 54.1 Å². The van der Waals surface area contributed by atoms with Gasteiger partial charge in [0, 0.05) is 23.5 Å². The van der Waals surface area contributed by atoms with Crippen LogP contribution < -0.4 is 0 Å². The summed E-state index contributed by atoms with van der Waals surface area (Å²) in [5.41, 5.74) is 3.01. The molecule has 0 radical (unpaired) electrons. The summed E-state index contributed by atoms with van der Waals surface area (Å²) in [6, 6.07) is 16.2. The molecule has 0 spiro atoms. The summed E-state index contributed by atoms with van der Waals surface area (Å²) < 4.78 is 5.31. The average Bonchev–Trinajstić information content (AvgIpc) is 2.62. The van der Waals surface area contributed by atoms with E-state index in [4.69, 9.17) is 4.74 Å². The SMILES string of the molecule is CSc1ccccc1-c1cccc(C(=O)N2CCOCC2)c1. The molecule has 0 saturated carbocycles. The van der Waals surface area contributed by atoms with Crippen molar-refractivity contribution in [3.8, 4) is 11.1 Å². The van der Waals surface area contributed by atoms with Gasteiger partial charge < -0.3 is 9.64 Å². The molecule has 3 rings (SSSR count). The Labute approximate surface area is 135 Å². The second-order valence-corrected chi connectivity index (χ2v) is 6.03. The number of ether oxygens (including phenoxy) is 1. The fraction of sp³-hybridized carbons (Fsp3) is 0.278. The smallest absolute Gasteiger partial charge is 0.254 e. The molecule has 2 aromatic rings. The summed E-state index contributed by atoms with van der Waals surface area (Å²) in [6.07, 6.45) is 2.07. The molecule has 22 heavy (non-hydrogen) atoms. The maximum absolute atomic E-state index is 12.6. The molecule has 3 nitrogen and oxygen atoms in total. The third-order valence-electron chi connectivity index (χ3n) is 3.83. The highest BCUT2D eigenvalue weighted by atomic mass is 32.2. The summed E-state index contributed by atoms with van der Waals surface area (Å²) in [5.74, 6) is 0.0896. The maximum atomic E-state index is 12.6. The second kappa shape index (κ2) is 6.99. The molecule has 1 fully saturated rings. The van der Waals surface area contributed by atoms with E-state index in [9.17, 15) is 4.79 Å². The third kappa shape index (κ3) is 3.18. The van der Waals surface area contributed by atoms with Gasteiger partial charge in [0.15, 0.2) is 0 Å². The van der Waals surface area contributed by atoms with Crippen LogP contribution in [0.4, 0.5) is 0 Å². The first-order chi connectivity index (χ1) is 10.8. The lowest BCUT2D eigenvalue weighted by molar-refractivity contribution is 0.0303. The molecule has 2 aromatic carbocycles. The van der Waals surface area contributed by atoms with Gasteiger partial charge >= 0.3 is 0 Å². The lowest BCUT2D eigenvalue weighted by Crippen LogP contribution is -2.40. The van der Waals surface area contributed by atoms with Gasteiger partial charge in [-0.2, -0.15) is 0 Å². The van der Waals surface area contributed by atoms with Crippen molar-refractivity contribution in [2.75, 3.05) is 32.6 Å². The van der Waals surface area contributed by atoms with Crippen molar-refractivity contribution >= 4 is 17.7 Å². The third-order valence-corrected chi connectivity index (χ3v) is 4.62. The van der Waals surface area contributed by atoms with Crippen molar-refractivity contribution in [2.24, 2.45) is 0 Å². The Bertz CT molecular complexity index is 666. The molecule has 1 saturated heterocycles. The topological polar surface area (TPSA) is 29.5 Å². The van der Waals surface area contributed by atoms with Gasteiger partial charge in [-0.1, -0.05) is 30.3 Å². The van der Waals surface area contributed by atoms with Crippen LogP contribution in [0, 0.1) is 0 Å². The van der Waals surface area contributed by atoms with Crippen LogP contribution in [0.2, 0.25) is 0 Å². The molecule has 0 atom stereocenters. The Balaban J connectivity index is 1.90. The molecule has 0 aliphatic carbocycles. The van der Waals surface area contributed by atoms with Crippen LogP contribution in [0.15, 0.2) is 53.4 Å². The first kappa shape index (κ1) is 15.1. The fourth-order valence-corrected chi connectivity index (χ4v) is 3.27. The van der Waals surface area contributed by atoms with Crippen LogP contribution in [-0.2, 0) is 4.74 Å². The minimum Gasteiger partial charge on any atom is -0.378 e. The van der Waals surface area contributed by atoms with E-state index in [0.29, 0.717) is 26.3 Å². The van der Waals surface area contributed by atoms with Crippen molar-refractivity contribution in [1.29, 1.82) is 0 Å². The number of morpholine rings is 1. The van der Waals surface area contributed by atoms with Crippen LogP contribution in [0.5, 0.6) is 0 Å². The monoisotopic (exact) mass is 313 g/mol. The Hall–Kier alpha value is -1.78. The fourth-order valence-electron chi connectivity index (χ4n) is 2.65. The first-order valence-electron chi connectivity index (χ1n) is 7.40. The number of carbonyl (C=O) groups is 1. The number of rotatable bonds is 3. The molecule has 1 aliphatic heterocycles.